The van der Waals surface area contributed by atoms with Crippen molar-refractivity contribution in [1.82, 2.24) is 0 Å². The Morgan fingerprint density at radius 3 is 1.90 bits per heavy atom. The number of aliphatic hydroxyl groups excluding tert-OH is 1. The van der Waals surface area contributed by atoms with Gasteiger partial charge in [0.05, 0.1) is 12.1 Å². The molecule has 1 N–H and O–H groups in total. The van der Waals surface area contributed by atoms with Gasteiger partial charge >= 0.3 is 24.6 Å². The predicted octanol–water partition coefficient (Wildman–Crippen LogP) is 8.10. The highest BCUT2D eigenvalue weighted by atomic mass is 19.4. The first kappa shape index (κ1) is 31.7. The third-order valence-electron chi connectivity index (χ3n) is 5.31. The number of hydrogen-bond acceptors (Lipinski definition) is 4. The summed E-state index contributed by atoms with van der Waals surface area (Å²) in [5, 5.41) is 9.61. The molecule has 0 fully saturated rings. The molecule has 0 saturated carbocycles. The summed E-state index contributed by atoms with van der Waals surface area (Å²) in [6.45, 7) is -2.12. The molecule has 4 nitrogen and oxygen atoms in total. The average molecular weight is 607 g/mol. The summed E-state index contributed by atoms with van der Waals surface area (Å²) in [7, 11) is 0. The summed E-state index contributed by atoms with van der Waals surface area (Å²) in [4.78, 5) is 0.715. The predicted molar refractivity (Wildman–Crippen MR) is 119 cm³/mol. The highest BCUT2D eigenvalue weighted by Crippen LogP contribution is 2.39. The van der Waals surface area contributed by atoms with Gasteiger partial charge in [-0.15, -0.1) is 0 Å². The molecule has 224 valence electrons. The van der Waals surface area contributed by atoms with E-state index in [1.165, 1.54) is 12.1 Å². The molecule has 0 aliphatic rings. The number of aliphatic hydroxyl groups is 1. The van der Waals surface area contributed by atoms with Crippen LogP contribution in [0.2, 0.25) is 0 Å². The minimum Gasteiger partial charge on any atom is -0.457 e. The smallest absolute Gasteiger partial charge is 0.457 e. The molecule has 1 unspecified atom stereocenters. The minimum atomic E-state index is -6.03. The van der Waals surface area contributed by atoms with Crippen LogP contribution in [-0.4, -0.2) is 36.2 Å². The molecule has 0 heterocycles. The Kier molecular flexibility index (Phi) is 8.96. The van der Waals surface area contributed by atoms with E-state index in [1.807, 2.05) is 0 Å². The molecule has 0 aromatic heterocycles. The summed E-state index contributed by atoms with van der Waals surface area (Å²) in [6, 6.07) is 9.43. The molecular formula is C25H17F12NO3. The molecule has 0 aliphatic heterocycles. The van der Waals surface area contributed by atoms with Gasteiger partial charge < -0.3 is 19.5 Å². The van der Waals surface area contributed by atoms with Crippen LogP contribution in [-0.2, 0) is 12.7 Å². The van der Waals surface area contributed by atoms with Crippen molar-refractivity contribution in [3.63, 3.8) is 0 Å². The number of ether oxygens (including phenoxy) is 2. The Hall–Kier alpha value is -3.82. The highest BCUT2D eigenvalue weighted by molar-refractivity contribution is 5.52. The van der Waals surface area contributed by atoms with Crippen molar-refractivity contribution in [2.45, 2.75) is 37.3 Å². The molecule has 3 rings (SSSR count). The maximum Gasteiger partial charge on any atom is 0.499 e. The molecule has 0 radical (unpaired) electrons. The summed E-state index contributed by atoms with van der Waals surface area (Å²) in [5.41, 5.74) is -2.14. The van der Waals surface area contributed by atoms with Crippen molar-refractivity contribution < 1.29 is 67.3 Å². The van der Waals surface area contributed by atoms with Gasteiger partial charge in [-0.3, -0.25) is 0 Å². The maximum atomic E-state index is 14.4. The van der Waals surface area contributed by atoms with Crippen molar-refractivity contribution in [2.75, 3.05) is 11.4 Å². The lowest BCUT2D eigenvalue weighted by molar-refractivity contribution is -0.360. The monoisotopic (exact) mass is 607 g/mol. The second-order valence-electron chi connectivity index (χ2n) is 8.43. The van der Waals surface area contributed by atoms with E-state index in [9.17, 15) is 57.8 Å². The molecule has 0 spiro atoms. The number of benzene rings is 3. The highest BCUT2D eigenvalue weighted by Gasteiger charge is 2.61. The van der Waals surface area contributed by atoms with Gasteiger partial charge in [0.2, 0.25) is 0 Å². The molecule has 0 aliphatic carbocycles. The fourth-order valence-corrected chi connectivity index (χ4v) is 3.34. The summed E-state index contributed by atoms with van der Waals surface area (Å²) >= 11 is 0. The molecule has 0 bridgehead atoms. The van der Waals surface area contributed by atoms with Crippen molar-refractivity contribution >= 4 is 5.69 Å². The lowest BCUT2D eigenvalue weighted by Gasteiger charge is -2.29. The molecule has 0 amide bonds. The number of hydrogen-bond donors (Lipinski definition) is 1. The number of alkyl halides is 11. The molecule has 1 atom stereocenters. The molecule has 41 heavy (non-hydrogen) atoms. The first-order valence-electron chi connectivity index (χ1n) is 11.1. The SMILES string of the molecule is OC(CN(Cc1cc(C(F)(F)F)ccc1F)c1cccc(Oc2cccc(OC(F)(F)C(F)(F)F)c2)c1)C(F)(F)F. The fourth-order valence-electron chi connectivity index (χ4n) is 3.34. The third kappa shape index (κ3) is 8.34. The first-order chi connectivity index (χ1) is 18.8. The summed E-state index contributed by atoms with van der Waals surface area (Å²) < 4.78 is 166. The van der Waals surface area contributed by atoms with Gasteiger partial charge in [0, 0.05) is 29.9 Å². The van der Waals surface area contributed by atoms with E-state index in [0.29, 0.717) is 29.2 Å². The van der Waals surface area contributed by atoms with Crippen molar-refractivity contribution in [3.8, 4) is 17.2 Å². The van der Waals surface area contributed by atoms with Crippen molar-refractivity contribution in [3.05, 3.63) is 83.7 Å². The summed E-state index contributed by atoms with van der Waals surface area (Å²) in [6.07, 6.45) is -24.6. The van der Waals surface area contributed by atoms with Crippen LogP contribution in [0.4, 0.5) is 58.4 Å². The van der Waals surface area contributed by atoms with Gasteiger partial charge in [0.1, 0.15) is 23.1 Å². The van der Waals surface area contributed by atoms with E-state index in [1.54, 1.807) is 0 Å². The van der Waals surface area contributed by atoms with Crippen LogP contribution in [0, 0.1) is 5.82 Å². The molecule has 3 aromatic rings. The van der Waals surface area contributed by atoms with E-state index in [2.05, 4.69) is 4.74 Å². The van der Waals surface area contributed by atoms with Crippen LogP contribution in [0.3, 0.4) is 0 Å². The van der Waals surface area contributed by atoms with Gasteiger partial charge in [-0.05, 0) is 42.5 Å². The molecule has 16 heteroatoms. The van der Waals surface area contributed by atoms with Crippen LogP contribution in [0.15, 0.2) is 66.7 Å². The average Bonchev–Trinajstić information content (AvgIpc) is 2.83. The topological polar surface area (TPSA) is 41.9 Å². The second-order valence-corrected chi connectivity index (χ2v) is 8.43. The zero-order valence-electron chi connectivity index (χ0n) is 20.1. The second kappa shape index (κ2) is 11.6. The molecular weight excluding hydrogens is 590 g/mol. The standard InChI is InChI=1S/C25H17F12NO3/c26-20-8-7-15(22(27,28)29)9-14(20)12-38(13-21(39)23(30,31)32)16-3-1-4-17(10-16)40-18-5-2-6-19(11-18)41-25(36,37)24(33,34)35/h1-11,21,39H,12-13H2. The zero-order valence-corrected chi connectivity index (χ0v) is 20.1. The van der Waals surface area contributed by atoms with Gasteiger partial charge in [-0.25, -0.2) is 4.39 Å². The van der Waals surface area contributed by atoms with E-state index < -0.39 is 66.5 Å². The Bertz CT molecular complexity index is 1340. The van der Waals surface area contributed by atoms with E-state index in [-0.39, 0.29) is 17.2 Å². The van der Waals surface area contributed by atoms with Crippen molar-refractivity contribution in [2.24, 2.45) is 0 Å². The third-order valence-corrected chi connectivity index (χ3v) is 5.31. The Morgan fingerprint density at radius 1 is 0.732 bits per heavy atom. The Morgan fingerprint density at radius 2 is 1.32 bits per heavy atom. The van der Waals surface area contributed by atoms with Gasteiger partial charge in [0.25, 0.3) is 0 Å². The zero-order chi connectivity index (χ0) is 30.8. The maximum absolute atomic E-state index is 14.4. The Labute approximate surface area is 223 Å². The number of halogens is 12. The molecule has 0 saturated heterocycles. The quantitative estimate of drug-likeness (QED) is 0.250. The van der Waals surface area contributed by atoms with Gasteiger partial charge in [0.15, 0.2) is 6.10 Å². The van der Waals surface area contributed by atoms with E-state index in [4.69, 9.17) is 4.74 Å². The minimum absolute atomic E-state index is 0.210. The molecule has 3 aromatic carbocycles. The van der Waals surface area contributed by atoms with Gasteiger partial charge in [-0.2, -0.15) is 48.3 Å². The fraction of sp³-hybridized carbons (Fsp3) is 0.280. The first-order valence-corrected chi connectivity index (χ1v) is 11.1. The van der Waals surface area contributed by atoms with Crippen LogP contribution in [0.5, 0.6) is 17.2 Å². The van der Waals surface area contributed by atoms with Gasteiger partial charge in [-0.1, -0.05) is 12.1 Å². The normalized spacial score (nSPS) is 13.6. The van der Waals surface area contributed by atoms with E-state index in [0.717, 1.165) is 30.3 Å². The number of anilines is 1. The van der Waals surface area contributed by atoms with E-state index >= 15 is 0 Å². The van der Waals surface area contributed by atoms with Crippen molar-refractivity contribution in [1.29, 1.82) is 0 Å². The summed E-state index contributed by atoms with van der Waals surface area (Å²) in [5.74, 6) is -2.69. The number of nitrogens with zero attached hydrogens (tertiary/aromatic N) is 1. The van der Waals surface area contributed by atoms with Crippen LogP contribution >= 0.6 is 0 Å². The van der Waals surface area contributed by atoms with Crippen LogP contribution in [0.1, 0.15) is 11.1 Å². The number of rotatable bonds is 9. The Balaban J connectivity index is 1.92. The van der Waals surface area contributed by atoms with Crippen LogP contribution < -0.4 is 14.4 Å². The van der Waals surface area contributed by atoms with Crippen LogP contribution in [0.25, 0.3) is 0 Å². The lowest BCUT2D eigenvalue weighted by Crippen LogP contribution is -2.41. The lowest BCUT2D eigenvalue weighted by atomic mass is 10.1. The largest absolute Gasteiger partial charge is 0.499 e.